The van der Waals surface area contributed by atoms with Gasteiger partial charge in [-0.15, -0.1) is 0 Å². The number of hydrogen-bond donors (Lipinski definition) is 2. The van der Waals surface area contributed by atoms with Crippen LogP contribution in [0.5, 0.6) is 5.75 Å². The Morgan fingerprint density at radius 2 is 1.83 bits per heavy atom. The molecule has 1 unspecified atom stereocenters. The highest BCUT2D eigenvalue weighted by Crippen LogP contribution is 2.25. The molecule has 6 nitrogen and oxygen atoms in total. The third-order valence-corrected chi connectivity index (χ3v) is 3.74. The largest absolute Gasteiger partial charge is 0.496 e. The van der Waals surface area contributed by atoms with Crippen molar-refractivity contribution in [1.82, 2.24) is 9.55 Å². The second kappa shape index (κ2) is 6.10. The Bertz CT molecular complexity index is 958. The maximum absolute atomic E-state index is 12.5. The molecule has 1 atom stereocenters. The van der Waals surface area contributed by atoms with Crippen LogP contribution in [0.3, 0.4) is 0 Å². The smallest absolute Gasteiger partial charge is 0.328 e. The van der Waals surface area contributed by atoms with Crippen LogP contribution in [-0.2, 0) is 6.54 Å². The third kappa shape index (κ3) is 2.76. The molecule has 2 aromatic carbocycles. The maximum Gasteiger partial charge on any atom is 0.328 e. The van der Waals surface area contributed by atoms with Crippen molar-refractivity contribution in [2.24, 2.45) is 0 Å². The zero-order valence-electron chi connectivity index (χ0n) is 12.5. The number of para-hydroxylation sites is 2. The molecule has 2 N–H and O–H groups in total. The van der Waals surface area contributed by atoms with Gasteiger partial charge in [0.05, 0.1) is 24.6 Å². The molecular formula is C17H16N2O4. The monoisotopic (exact) mass is 312 g/mol. The van der Waals surface area contributed by atoms with Crippen molar-refractivity contribution in [2.75, 3.05) is 7.11 Å². The van der Waals surface area contributed by atoms with Crippen molar-refractivity contribution in [3.8, 4) is 5.75 Å². The molecule has 0 fully saturated rings. The summed E-state index contributed by atoms with van der Waals surface area (Å²) in [7, 11) is 1.50. The fraction of sp³-hybridized carbons (Fsp3) is 0.176. The van der Waals surface area contributed by atoms with Gasteiger partial charge in [0.2, 0.25) is 0 Å². The molecule has 3 aromatic rings. The van der Waals surface area contributed by atoms with E-state index in [0.29, 0.717) is 22.2 Å². The minimum atomic E-state index is -1.04. The van der Waals surface area contributed by atoms with Crippen molar-refractivity contribution < 1.29 is 9.84 Å². The highest BCUT2D eigenvalue weighted by molar-refractivity contribution is 5.76. The first kappa shape index (κ1) is 15.1. The Morgan fingerprint density at radius 1 is 1.13 bits per heavy atom. The van der Waals surface area contributed by atoms with E-state index in [1.54, 1.807) is 48.5 Å². The van der Waals surface area contributed by atoms with Crippen LogP contribution in [-0.4, -0.2) is 21.8 Å². The van der Waals surface area contributed by atoms with E-state index in [0.717, 1.165) is 4.57 Å². The predicted octanol–water partition coefficient (Wildman–Crippen LogP) is 1.43. The second-order valence-corrected chi connectivity index (χ2v) is 5.15. The molecule has 23 heavy (non-hydrogen) atoms. The summed E-state index contributed by atoms with van der Waals surface area (Å²) >= 11 is 0. The summed E-state index contributed by atoms with van der Waals surface area (Å²) < 4.78 is 6.20. The van der Waals surface area contributed by atoms with E-state index in [9.17, 15) is 14.7 Å². The third-order valence-electron chi connectivity index (χ3n) is 3.74. The topological polar surface area (TPSA) is 84.3 Å². The number of ether oxygens (including phenoxy) is 1. The number of aliphatic hydroxyl groups is 1. The van der Waals surface area contributed by atoms with E-state index in [4.69, 9.17) is 4.74 Å². The SMILES string of the molecule is COc1ccccc1C(O)Cn1c(=O)[nH]c2ccccc2c1=O. The highest BCUT2D eigenvalue weighted by atomic mass is 16.5. The molecule has 1 heterocycles. The summed E-state index contributed by atoms with van der Waals surface area (Å²) in [6.45, 7) is -0.153. The number of aromatic amines is 1. The lowest BCUT2D eigenvalue weighted by molar-refractivity contribution is 0.149. The summed E-state index contributed by atoms with van der Waals surface area (Å²) in [6, 6.07) is 13.7. The average molecular weight is 312 g/mol. The molecule has 0 amide bonds. The molecule has 0 aliphatic rings. The zero-order chi connectivity index (χ0) is 16.4. The first-order valence-corrected chi connectivity index (χ1v) is 7.14. The number of rotatable bonds is 4. The van der Waals surface area contributed by atoms with Crippen LogP contribution in [0, 0.1) is 0 Å². The van der Waals surface area contributed by atoms with Gasteiger partial charge in [-0.05, 0) is 18.2 Å². The van der Waals surface area contributed by atoms with Gasteiger partial charge in [0.15, 0.2) is 0 Å². The number of aliphatic hydroxyl groups excluding tert-OH is 1. The molecule has 3 rings (SSSR count). The number of fused-ring (bicyclic) bond motifs is 1. The van der Waals surface area contributed by atoms with Gasteiger partial charge in [0.1, 0.15) is 11.9 Å². The minimum absolute atomic E-state index is 0.153. The molecule has 0 radical (unpaired) electrons. The van der Waals surface area contributed by atoms with Crippen LogP contribution in [0.1, 0.15) is 11.7 Å². The lowest BCUT2D eigenvalue weighted by Gasteiger charge is -2.15. The van der Waals surface area contributed by atoms with Crippen LogP contribution < -0.4 is 16.0 Å². The molecule has 0 spiro atoms. The van der Waals surface area contributed by atoms with Crippen LogP contribution in [0.2, 0.25) is 0 Å². The summed E-state index contributed by atoms with van der Waals surface area (Å²) in [5, 5.41) is 10.8. The van der Waals surface area contributed by atoms with Gasteiger partial charge in [-0.2, -0.15) is 0 Å². The normalized spacial score (nSPS) is 12.3. The van der Waals surface area contributed by atoms with Gasteiger partial charge in [0.25, 0.3) is 5.56 Å². The number of benzene rings is 2. The summed E-state index contributed by atoms with van der Waals surface area (Å²) in [4.78, 5) is 27.3. The van der Waals surface area contributed by atoms with Gasteiger partial charge < -0.3 is 14.8 Å². The lowest BCUT2D eigenvalue weighted by atomic mass is 10.1. The van der Waals surface area contributed by atoms with Gasteiger partial charge >= 0.3 is 5.69 Å². The Balaban J connectivity index is 2.05. The van der Waals surface area contributed by atoms with Crippen LogP contribution in [0.15, 0.2) is 58.1 Å². The van der Waals surface area contributed by atoms with Gasteiger partial charge in [-0.25, -0.2) is 4.79 Å². The van der Waals surface area contributed by atoms with Gasteiger partial charge in [-0.3, -0.25) is 9.36 Å². The lowest BCUT2D eigenvalue weighted by Crippen LogP contribution is -2.36. The van der Waals surface area contributed by atoms with Crippen LogP contribution in [0.25, 0.3) is 10.9 Å². The molecule has 0 aliphatic heterocycles. The van der Waals surface area contributed by atoms with E-state index in [2.05, 4.69) is 4.98 Å². The molecule has 0 saturated carbocycles. The second-order valence-electron chi connectivity index (χ2n) is 5.15. The van der Waals surface area contributed by atoms with E-state index in [1.165, 1.54) is 7.11 Å². The Kier molecular flexibility index (Phi) is 3.99. The standard InChI is InChI=1S/C17H16N2O4/c1-23-15-9-5-3-7-12(15)14(20)10-19-16(21)11-6-2-4-8-13(11)18-17(19)22/h2-9,14,20H,10H2,1H3,(H,18,22). The molecule has 6 heteroatoms. The van der Waals surface area contributed by atoms with Gasteiger partial charge in [0, 0.05) is 5.56 Å². The van der Waals surface area contributed by atoms with E-state index in [1.807, 2.05) is 0 Å². The molecule has 0 aliphatic carbocycles. The predicted molar refractivity (Wildman–Crippen MR) is 86.8 cm³/mol. The molecular weight excluding hydrogens is 296 g/mol. The van der Waals surface area contributed by atoms with E-state index >= 15 is 0 Å². The highest BCUT2D eigenvalue weighted by Gasteiger charge is 2.16. The molecule has 118 valence electrons. The van der Waals surface area contributed by atoms with Crippen molar-refractivity contribution in [1.29, 1.82) is 0 Å². The first-order chi connectivity index (χ1) is 11.1. The fourth-order valence-corrected chi connectivity index (χ4v) is 2.58. The number of H-pyrrole nitrogens is 1. The Morgan fingerprint density at radius 3 is 2.61 bits per heavy atom. The summed E-state index contributed by atoms with van der Waals surface area (Å²) in [5.41, 5.74) is 0.0148. The molecule has 1 aromatic heterocycles. The van der Waals surface area contributed by atoms with Crippen LogP contribution in [0.4, 0.5) is 0 Å². The summed E-state index contributed by atoms with van der Waals surface area (Å²) in [6.07, 6.45) is -1.04. The number of nitrogens with one attached hydrogen (secondary N) is 1. The molecule has 0 bridgehead atoms. The van der Waals surface area contributed by atoms with E-state index < -0.39 is 17.4 Å². The quantitative estimate of drug-likeness (QED) is 0.763. The van der Waals surface area contributed by atoms with Crippen LogP contribution >= 0.6 is 0 Å². The number of aromatic nitrogens is 2. The minimum Gasteiger partial charge on any atom is -0.496 e. The van der Waals surface area contributed by atoms with Crippen molar-refractivity contribution >= 4 is 10.9 Å². The van der Waals surface area contributed by atoms with Crippen molar-refractivity contribution in [3.05, 3.63) is 74.9 Å². The average Bonchev–Trinajstić information content (AvgIpc) is 2.58. The maximum atomic E-state index is 12.5. The zero-order valence-corrected chi connectivity index (χ0v) is 12.5. The number of nitrogens with zero attached hydrogens (tertiary/aromatic N) is 1. The fourth-order valence-electron chi connectivity index (χ4n) is 2.58. The van der Waals surface area contributed by atoms with Crippen molar-refractivity contribution in [2.45, 2.75) is 12.6 Å². The molecule has 0 saturated heterocycles. The number of hydrogen-bond acceptors (Lipinski definition) is 4. The first-order valence-electron chi connectivity index (χ1n) is 7.14. The number of methoxy groups -OCH3 is 1. The Labute approximate surface area is 131 Å². The van der Waals surface area contributed by atoms with Crippen molar-refractivity contribution in [3.63, 3.8) is 0 Å². The van der Waals surface area contributed by atoms with E-state index in [-0.39, 0.29) is 6.54 Å². The Hall–Kier alpha value is -2.86. The summed E-state index contributed by atoms with van der Waals surface area (Å²) in [5.74, 6) is 0.505. The van der Waals surface area contributed by atoms with Gasteiger partial charge in [-0.1, -0.05) is 30.3 Å².